The molecule has 1 heterocycles. The summed E-state index contributed by atoms with van der Waals surface area (Å²) in [5, 5.41) is 6.66. The highest BCUT2D eigenvalue weighted by Gasteiger charge is 2.24. The number of para-hydroxylation sites is 2. The van der Waals surface area contributed by atoms with E-state index in [0.29, 0.717) is 17.0 Å². The van der Waals surface area contributed by atoms with E-state index >= 15 is 0 Å². The minimum Gasteiger partial charge on any atom is -0.410 e. The fraction of sp³-hybridized carbons (Fsp3) is 0.111. The third-order valence-electron chi connectivity index (χ3n) is 3.60. The van der Waals surface area contributed by atoms with Gasteiger partial charge in [0, 0.05) is 11.8 Å². The van der Waals surface area contributed by atoms with Gasteiger partial charge in [0.25, 0.3) is 0 Å². The minimum atomic E-state index is -3.56. The molecule has 0 bridgehead atoms. The Kier molecular flexibility index (Phi) is 4.77. The Labute approximate surface area is 151 Å². The van der Waals surface area contributed by atoms with Crippen LogP contribution < -0.4 is 10.1 Å². The van der Waals surface area contributed by atoms with Gasteiger partial charge in [-0.05, 0) is 31.2 Å². The first-order valence-electron chi connectivity index (χ1n) is 7.75. The van der Waals surface area contributed by atoms with E-state index in [1.807, 2.05) is 6.07 Å². The zero-order valence-electron chi connectivity index (χ0n) is 14.2. The summed E-state index contributed by atoms with van der Waals surface area (Å²) in [6.45, 7) is 1.58. The summed E-state index contributed by atoms with van der Waals surface area (Å²) in [7, 11) is -3.56. The van der Waals surface area contributed by atoms with Crippen LogP contribution in [0.5, 0.6) is 5.75 Å². The van der Waals surface area contributed by atoms with E-state index in [9.17, 15) is 13.2 Å². The minimum absolute atomic E-state index is 0.101. The normalized spacial score (nSPS) is 11.2. The molecule has 0 aliphatic carbocycles. The standard InChI is InChI=1S/C18H17N3O4S/c1-13-16(19-18(22)25-15-11-7-4-8-12-15)21(14-9-5-3-6-10-14)20-17(13)26(2,23)24/h3-12H,1-2H3,(H,19,22). The quantitative estimate of drug-likeness (QED) is 0.761. The highest BCUT2D eigenvalue weighted by molar-refractivity contribution is 7.90. The Balaban J connectivity index is 1.99. The highest BCUT2D eigenvalue weighted by atomic mass is 32.2. The van der Waals surface area contributed by atoms with Crippen LogP contribution in [0.15, 0.2) is 65.7 Å². The van der Waals surface area contributed by atoms with Crippen LogP contribution in [-0.2, 0) is 9.84 Å². The van der Waals surface area contributed by atoms with Crippen molar-refractivity contribution in [2.24, 2.45) is 0 Å². The molecule has 7 nitrogen and oxygen atoms in total. The molecule has 0 saturated heterocycles. The van der Waals surface area contributed by atoms with Gasteiger partial charge in [0.05, 0.1) is 5.69 Å². The van der Waals surface area contributed by atoms with Crippen LogP contribution >= 0.6 is 0 Å². The van der Waals surface area contributed by atoms with Gasteiger partial charge in [-0.3, -0.25) is 5.32 Å². The molecule has 0 saturated carbocycles. The van der Waals surface area contributed by atoms with Crippen LogP contribution in [0.4, 0.5) is 10.6 Å². The predicted octanol–water partition coefficient (Wildman–Crippen LogP) is 3.20. The van der Waals surface area contributed by atoms with Crippen molar-refractivity contribution in [2.45, 2.75) is 11.9 Å². The lowest BCUT2D eigenvalue weighted by atomic mass is 10.3. The van der Waals surface area contributed by atoms with Crippen molar-refractivity contribution in [1.82, 2.24) is 9.78 Å². The lowest BCUT2D eigenvalue weighted by Gasteiger charge is -2.10. The van der Waals surface area contributed by atoms with Crippen molar-refractivity contribution >= 4 is 21.7 Å². The molecule has 0 aliphatic heterocycles. The maximum absolute atomic E-state index is 12.3. The first-order valence-corrected chi connectivity index (χ1v) is 9.64. The van der Waals surface area contributed by atoms with Crippen molar-refractivity contribution in [1.29, 1.82) is 0 Å². The van der Waals surface area contributed by atoms with E-state index in [1.165, 1.54) is 4.68 Å². The topological polar surface area (TPSA) is 90.3 Å². The van der Waals surface area contributed by atoms with E-state index in [4.69, 9.17) is 4.74 Å². The summed E-state index contributed by atoms with van der Waals surface area (Å²) in [5.41, 5.74) is 0.946. The maximum atomic E-state index is 12.3. The van der Waals surface area contributed by atoms with E-state index in [0.717, 1.165) is 6.26 Å². The molecule has 1 N–H and O–H groups in total. The second-order valence-corrected chi connectivity index (χ2v) is 7.56. The fourth-order valence-corrected chi connectivity index (χ4v) is 3.33. The fourth-order valence-electron chi connectivity index (χ4n) is 2.45. The molecule has 0 radical (unpaired) electrons. The van der Waals surface area contributed by atoms with Crippen molar-refractivity contribution in [3.8, 4) is 11.4 Å². The van der Waals surface area contributed by atoms with Gasteiger partial charge < -0.3 is 4.74 Å². The molecule has 2 aromatic carbocycles. The number of benzene rings is 2. The molecule has 0 spiro atoms. The number of carbonyl (C=O) groups excluding carboxylic acids is 1. The van der Waals surface area contributed by atoms with Crippen molar-refractivity contribution in [3.63, 3.8) is 0 Å². The summed E-state index contributed by atoms with van der Waals surface area (Å²) < 4.78 is 30.6. The average molecular weight is 371 g/mol. The van der Waals surface area contributed by atoms with Gasteiger partial charge in [0.1, 0.15) is 11.6 Å². The van der Waals surface area contributed by atoms with Gasteiger partial charge >= 0.3 is 6.09 Å². The second-order valence-electron chi connectivity index (χ2n) is 5.63. The zero-order chi connectivity index (χ0) is 18.7. The Morgan fingerprint density at radius 1 is 1.04 bits per heavy atom. The first-order chi connectivity index (χ1) is 12.4. The Morgan fingerprint density at radius 3 is 2.19 bits per heavy atom. The number of hydrogen-bond acceptors (Lipinski definition) is 5. The number of amides is 1. The molecule has 1 aromatic heterocycles. The van der Waals surface area contributed by atoms with E-state index in [-0.39, 0.29) is 10.8 Å². The number of aromatic nitrogens is 2. The van der Waals surface area contributed by atoms with Crippen molar-refractivity contribution in [3.05, 3.63) is 66.2 Å². The Hall–Kier alpha value is -3.13. The molecule has 26 heavy (non-hydrogen) atoms. The lowest BCUT2D eigenvalue weighted by molar-refractivity contribution is 0.215. The summed E-state index contributed by atoms with van der Waals surface area (Å²) in [5.74, 6) is 0.606. The molecular weight excluding hydrogens is 354 g/mol. The highest BCUT2D eigenvalue weighted by Crippen LogP contribution is 2.26. The predicted molar refractivity (Wildman–Crippen MR) is 97.5 cm³/mol. The van der Waals surface area contributed by atoms with Crippen molar-refractivity contribution < 1.29 is 17.9 Å². The smallest absolute Gasteiger partial charge is 0.410 e. The van der Waals surface area contributed by atoms with Crippen LogP contribution in [0, 0.1) is 6.92 Å². The molecular formula is C18H17N3O4S. The van der Waals surface area contributed by atoms with Crippen LogP contribution in [0.1, 0.15) is 5.56 Å². The van der Waals surface area contributed by atoms with Crippen LogP contribution in [0.3, 0.4) is 0 Å². The number of hydrogen-bond donors (Lipinski definition) is 1. The van der Waals surface area contributed by atoms with E-state index in [1.54, 1.807) is 61.5 Å². The zero-order valence-corrected chi connectivity index (χ0v) is 15.0. The number of nitrogens with zero attached hydrogens (tertiary/aromatic N) is 2. The van der Waals surface area contributed by atoms with Crippen molar-refractivity contribution in [2.75, 3.05) is 11.6 Å². The van der Waals surface area contributed by atoms with Gasteiger partial charge in [0.15, 0.2) is 14.9 Å². The third kappa shape index (κ3) is 3.75. The largest absolute Gasteiger partial charge is 0.418 e. The molecule has 0 aliphatic rings. The van der Waals surface area contributed by atoms with E-state index in [2.05, 4.69) is 10.4 Å². The number of ether oxygens (including phenoxy) is 1. The van der Waals surface area contributed by atoms with Crippen LogP contribution in [0.2, 0.25) is 0 Å². The molecule has 8 heteroatoms. The number of rotatable bonds is 4. The van der Waals surface area contributed by atoms with Gasteiger partial charge in [-0.15, -0.1) is 0 Å². The number of nitrogens with one attached hydrogen (secondary N) is 1. The molecule has 0 atom stereocenters. The molecule has 3 aromatic rings. The van der Waals surface area contributed by atoms with Gasteiger partial charge in [-0.1, -0.05) is 36.4 Å². The molecule has 0 fully saturated rings. The van der Waals surface area contributed by atoms with E-state index < -0.39 is 15.9 Å². The summed E-state index contributed by atoms with van der Waals surface area (Å²) in [4.78, 5) is 12.3. The number of carbonyl (C=O) groups is 1. The molecule has 0 unspecified atom stereocenters. The summed E-state index contributed by atoms with van der Waals surface area (Å²) in [6.07, 6.45) is 0.334. The Morgan fingerprint density at radius 2 is 1.62 bits per heavy atom. The monoisotopic (exact) mass is 371 g/mol. The lowest BCUT2D eigenvalue weighted by Crippen LogP contribution is -2.19. The third-order valence-corrected chi connectivity index (χ3v) is 4.70. The molecule has 1 amide bonds. The maximum Gasteiger partial charge on any atom is 0.418 e. The molecule has 3 rings (SSSR count). The van der Waals surface area contributed by atoms with Gasteiger partial charge in [-0.2, -0.15) is 5.10 Å². The summed E-state index contributed by atoms with van der Waals surface area (Å²) >= 11 is 0. The average Bonchev–Trinajstić information content (AvgIpc) is 2.93. The Bertz CT molecular complexity index is 1030. The SMILES string of the molecule is Cc1c(S(C)(=O)=O)nn(-c2ccccc2)c1NC(=O)Oc1ccccc1. The number of sulfone groups is 1. The van der Waals surface area contributed by atoms with Gasteiger partial charge in [-0.25, -0.2) is 17.9 Å². The van der Waals surface area contributed by atoms with Crippen LogP contribution in [-0.4, -0.2) is 30.5 Å². The molecule has 134 valence electrons. The number of anilines is 1. The first kappa shape index (κ1) is 17.7. The second kappa shape index (κ2) is 7.01. The van der Waals surface area contributed by atoms with Crippen LogP contribution in [0.25, 0.3) is 5.69 Å². The summed E-state index contributed by atoms with van der Waals surface area (Å²) in [6, 6.07) is 17.5. The van der Waals surface area contributed by atoms with Gasteiger partial charge in [0.2, 0.25) is 0 Å².